The highest BCUT2D eigenvalue weighted by Gasteiger charge is 2.54. The Balaban J connectivity index is 1.50. The number of pyridine rings is 1. The number of rotatable bonds is 4. The fraction of sp³-hybridized carbons (Fsp3) is 0.667. The van der Waals surface area contributed by atoms with Crippen molar-refractivity contribution in [1.82, 2.24) is 9.88 Å². The summed E-state index contributed by atoms with van der Waals surface area (Å²) in [5, 5.41) is 0. The summed E-state index contributed by atoms with van der Waals surface area (Å²) in [4.78, 5) is 6.64. The van der Waals surface area contributed by atoms with Crippen LogP contribution in [0.5, 0.6) is 0 Å². The van der Waals surface area contributed by atoms with Crippen molar-refractivity contribution in [1.29, 1.82) is 0 Å². The highest BCUT2D eigenvalue weighted by molar-refractivity contribution is 5.09. The van der Waals surface area contributed by atoms with Crippen molar-refractivity contribution in [3.8, 4) is 0 Å². The highest BCUT2D eigenvalue weighted by Crippen LogP contribution is 2.62. The molecule has 17 heavy (non-hydrogen) atoms. The van der Waals surface area contributed by atoms with Crippen LogP contribution in [0.3, 0.4) is 0 Å². The van der Waals surface area contributed by atoms with Gasteiger partial charge in [-0.15, -0.1) is 0 Å². The second-order valence-electron chi connectivity index (χ2n) is 6.03. The molecule has 0 radical (unpaired) electrons. The number of aromatic nitrogens is 1. The fourth-order valence-electron chi connectivity index (χ4n) is 3.63. The molecule has 2 saturated carbocycles. The minimum absolute atomic E-state index is 0.781. The number of hydrogen-bond donors (Lipinski definition) is 0. The van der Waals surface area contributed by atoms with Gasteiger partial charge in [0.05, 0.1) is 0 Å². The van der Waals surface area contributed by atoms with Gasteiger partial charge in [0.1, 0.15) is 0 Å². The molecule has 2 heteroatoms. The quantitative estimate of drug-likeness (QED) is 0.790. The Morgan fingerprint density at radius 2 is 2.24 bits per heavy atom. The molecule has 1 aromatic rings. The minimum atomic E-state index is 0.781. The normalized spacial score (nSPS) is 25.6. The third-order valence-electron chi connectivity index (χ3n) is 4.67. The lowest BCUT2D eigenvalue weighted by atomic mass is 10.0. The van der Waals surface area contributed by atoms with E-state index in [9.17, 15) is 0 Å². The van der Waals surface area contributed by atoms with Crippen LogP contribution >= 0.6 is 0 Å². The van der Waals surface area contributed by atoms with E-state index in [0.717, 1.165) is 17.9 Å². The molecule has 1 aromatic heterocycles. The Morgan fingerprint density at radius 1 is 1.41 bits per heavy atom. The van der Waals surface area contributed by atoms with E-state index in [1.165, 1.54) is 44.2 Å². The van der Waals surface area contributed by atoms with Crippen molar-refractivity contribution < 1.29 is 0 Å². The summed E-state index contributed by atoms with van der Waals surface area (Å²) in [6.07, 6.45) is 11.3. The van der Waals surface area contributed by atoms with Crippen LogP contribution < -0.4 is 0 Å². The lowest BCUT2D eigenvalue weighted by Crippen LogP contribution is -2.22. The van der Waals surface area contributed by atoms with Gasteiger partial charge in [0, 0.05) is 25.5 Å². The Bertz CT molecular complexity index is 368. The first-order valence-electron chi connectivity index (χ1n) is 6.86. The van der Waals surface area contributed by atoms with Crippen molar-refractivity contribution in [3.63, 3.8) is 0 Å². The van der Waals surface area contributed by atoms with Crippen LogP contribution in [0.15, 0.2) is 24.5 Å². The van der Waals surface area contributed by atoms with E-state index in [1.807, 2.05) is 18.5 Å². The summed E-state index contributed by atoms with van der Waals surface area (Å²) in [7, 11) is 2.24. The Labute approximate surface area is 104 Å². The predicted octanol–water partition coefficient (Wildman–Crippen LogP) is 3.09. The summed E-state index contributed by atoms with van der Waals surface area (Å²) < 4.78 is 0. The van der Waals surface area contributed by atoms with Gasteiger partial charge >= 0.3 is 0 Å². The van der Waals surface area contributed by atoms with Gasteiger partial charge in [0.15, 0.2) is 0 Å². The second-order valence-corrected chi connectivity index (χ2v) is 6.03. The summed E-state index contributed by atoms with van der Waals surface area (Å²) in [5.74, 6) is 0.978. The monoisotopic (exact) mass is 230 g/mol. The minimum Gasteiger partial charge on any atom is -0.302 e. The average Bonchev–Trinajstić information content (AvgIpc) is 2.76. The third kappa shape index (κ3) is 2.37. The molecule has 2 aliphatic carbocycles. The van der Waals surface area contributed by atoms with Crippen LogP contribution in [0, 0.1) is 11.3 Å². The molecule has 2 aliphatic rings. The fourth-order valence-corrected chi connectivity index (χ4v) is 3.63. The molecule has 1 heterocycles. The molecule has 2 fully saturated rings. The summed E-state index contributed by atoms with van der Waals surface area (Å²) >= 11 is 0. The van der Waals surface area contributed by atoms with E-state index in [-0.39, 0.29) is 0 Å². The number of nitrogens with zero attached hydrogens (tertiary/aromatic N) is 2. The van der Waals surface area contributed by atoms with E-state index in [4.69, 9.17) is 0 Å². The smallest absolute Gasteiger partial charge is 0.0312 e. The average molecular weight is 230 g/mol. The molecule has 0 saturated heterocycles. The molecule has 0 amide bonds. The lowest BCUT2D eigenvalue weighted by Gasteiger charge is -2.18. The standard InChI is InChI=1S/C15H22N2/c1-17(11-13-5-4-8-16-10-13)12-14-9-15(14)6-2-3-7-15/h4-5,8,10,14H,2-3,6-7,9,11-12H2,1H3. The van der Waals surface area contributed by atoms with E-state index >= 15 is 0 Å². The van der Waals surface area contributed by atoms with Gasteiger partial charge in [-0.05, 0) is 49.3 Å². The zero-order valence-corrected chi connectivity index (χ0v) is 10.7. The van der Waals surface area contributed by atoms with Crippen molar-refractivity contribution in [2.24, 2.45) is 11.3 Å². The zero-order valence-electron chi connectivity index (χ0n) is 10.7. The van der Waals surface area contributed by atoms with Gasteiger partial charge in [0.25, 0.3) is 0 Å². The molecule has 1 atom stereocenters. The maximum absolute atomic E-state index is 4.18. The highest BCUT2D eigenvalue weighted by atomic mass is 15.1. The molecule has 1 unspecified atom stereocenters. The molecular weight excluding hydrogens is 208 g/mol. The van der Waals surface area contributed by atoms with Crippen LogP contribution in [0.2, 0.25) is 0 Å². The maximum Gasteiger partial charge on any atom is 0.0312 e. The first kappa shape index (κ1) is 11.2. The SMILES string of the molecule is CN(Cc1cccnc1)CC1CC12CCCC2. The largest absolute Gasteiger partial charge is 0.302 e. The van der Waals surface area contributed by atoms with E-state index in [0.29, 0.717) is 0 Å². The molecule has 0 aliphatic heterocycles. The molecule has 0 aromatic carbocycles. The first-order valence-corrected chi connectivity index (χ1v) is 6.86. The molecule has 3 rings (SSSR count). The summed E-state index contributed by atoms with van der Waals surface area (Å²) in [6.45, 7) is 2.31. The van der Waals surface area contributed by atoms with Crippen molar-refractivity contribution in [2.75, 3.05) is 13.6 Å². The molecular formula is C15H22N2. The van der Waals surface area contributed by atoms with Crippen molar-refractivity contribution in [2.45, 2.75) is 38.6 Å². The Kier molecular flexibility index (Phi) is 2.91. The van der Waals surface area contributed by atoms with Gasteiger partial charge in [0.2, 0.25) is 0 Å². The molecule has 92 valence electrons. The van der Waals surface area contributed by atoms with Gasteiger partial charge in [-0.25, -0.2) is 0 Å². The summed E-state index contributed by atoms with van der Waals surface area (Å²) in [6, 6.07) is 4.19. The van der Waals surface area contributed by atoms with Crippen molar-refractivity contribution >= 4 is 0 Å². The zero-order chi connectivity index (χ0) is 11.7. The van der Waals surface area contributed by atoms with Crippen LogP contribution in [-0.4, -0.2) is 23.5 Å². The molecule has 0 bridgehead atoms. The van der Waals surface area contributed by atoms with Gasteiger partial charge in [-0.3, -0.25) is 4.98 Å². The van der Waals surface area contributed by atoms with Crippen LogP contribution in [-0.2, 0) is 6.54 Å². The Morgan fingerprint density at radius 3 is 2.94 bits per heavy atom. The first-order chi connectivity index (χ1) is 8.28. The summed E-state index contributed by atoms with van der Waals surface area (Å²) in [5.41, 5.74) is 2.11. The van der Waals surface area contributed by atoms with Gasteiger partial charge in [-0.2, -0.15) is 0 Å². The van der Waals surface area contributed by atoms with Crippen LogP contribution in [0.25, 0.3) is 0 Å². The topological polar surface area (TPSA) is 16.1 Å². The third-order valence-corrected chi connectivity index (χ3v) is 4.67. The number of hydrogen-bond acceptors (Lipinski definition) is 2. The predicted molar refractivity (Wildman–Crippen MR) is 69.6 cm³/mol. The van der Waals surface area contributed by atoms with Crippen LogP contribution in [0.4, 0.5) is 0 Å². The molecule has 1 spiro atoms. The van der Waals surface area contributed by atoms with Gasteiger partial charge < -0.3 is 4.90 Å². The molecule has 0 N–H and O–H groups in total. The second kappa shape index (κ2) is 4.41. The molecule has 2 nitrogen and oxygen atoms in total. The van der Waals surface area contributed by atoms with E-state index in [1.54, 1.807) is 0 Å². The Hall–Kier alpha value is -0.890. The van der Waals surface area contributed by atoms with Gasteiger partial charge in [-0.1, -0.05) is 18.9 Å². The van der Waals surface area contributed by atoms with E-state index < -0.39 is 0 Å². The maximum atomic E-state index is 4.18. The van der Waals surface area contributed by atoms with Crippen LogP contribution in [0.1, 0.15) is 37.7 Å². The van der Waals surface area contributed by atoms with E-state index in [2.05, 4.69) is 23.0 Å². The van der Waals surface area contributed by atoms with Crippen molar-refractivity contribution in [3.05, 3.63) is 30.1 Å². The lowest BCUT2D eigenvalue weighted by molar-refractivity contribution is 0.286.